The van der Waals surface area contributed by atoms with E-state index in [1.807, 2.05) is 27.7 Å². The van der Waals surface area contributed by atoms with E-state index in [1.165, 1.54) is 23.1 Å². The second-order valence-electron chi connectivity index (χ2n) is 9.55. The van der Waals surface area contributed by atoms with E-state index >= 15 is 0 Å². The van der Waals surface area contributed by atoms with E-state index in [2.05, 4.69) is 83.0 Å². The Kier molecular flexibility index (Phi) is 26.3. The number of esters is 1. The van der Waals surface area contributed by atoms with E-state index in [1.54, 1.807) is 6.92 Å². The van der Waals surface area contributed by atoms with E-state index in [9.17, 15) is 9.59 Å². The quantitative estimate of drug-likeness (QED) is 0.231. The van der Waals surface area contributed by atoms with Crippen molar-refractivity contribution in [3.8, 4) is 0 Å². The lowest BCUT2D eigenvalue weighted by Crippen LogP contribution is -2.04. The van der Waals surface area contributed by atoms with Gasteiger partial charge in [0.05, 0.1) is 0 Å². The molecule has 6 heteroatoms. The minimum atomic E-state index is -0.167. The van der Waals surface area contributed by atoms with Crippen molar-refractivity contribution in [1.82, 2.24) is 0 Å². The Labute approximate surface area is 222 Å². The van der Waals surface area contributed by atoms with Crippen molar-refractivity contribution >= 4 is 34.3 Å². The Bertz CT molecular complexity index is 736. The van der Waals surface area contributed by atoms with Gasteiger partial charge in [0.25, 0.3) is 0 Å². The molecule has 0 bridgehead atoms. The third-order valence-electron chi connectivity index (χ3n) is 5.50. The van der Waals surface area contributed by atoms with Crippen molar-refractivity contribution in [2.45, 2.75) is 116 Å². The van der Waals surface area contributed by atoms with Crippen LogP contribution in [0, 0.1) is 11.8 Å². The summed E-state index contributed by atoms with van der Waals surface area (Å²) >= 11 is 0. The summed E-state index contributed by atoms with van der Waals surface area (Å²) < 4.78 is 4.87. The van der Waals surface area contributed by atoms with Gasteiger partial charge in [0.15, 0.2) is 5.78 Å². The molecule has 0 fully saturated rings. The molecule has 0 N–H and O–H groups in total. The molecular weight excluding hydrogens is 429 g/mol. The fraction of sp³-hybridized carbons (Fsp3) is 0.655. The molecule has 1 heterocycles. The summed E-state index contributed by atoms with van der Waals surface area (Å²) in [5.41, 5.74) is 6.67. The fourth-order valence-corrected chi connectivity index (χ4v) is 2.44. The maximum Gasteiger partial charge on any atom is 0.334 e. The van der Waals surface area contributed by atoms with Gasteiger partial charge in [0, 0.05) is 34.5 Å². The van der Waals surface area contributed by atoms with Crippen molar-refractivity contribution in [3.05, 3.63) is 45.6 Å². The molecule has 35 heavy (non-hydrogen) atoms. The van der Waals surface area contributed by atoms with Crippen molar-refractivity contribution in [2.75, 3.05) is 0 Å². The van der Waals surface area contributed by atoms with Crippen LogP contribution in [0.25, 0.3) is 0 Å². The van der Waals surface area contributed by atoms with Gasteiger partial charge in [0.1, 0.15) is 6.10 Å². The summed E-state index contributed by atoms with van der Waals surface area (Å²) in [6.07, 6.45) is 6.22. The van der Waals surface area contributed by atoms with Crippen molar-refractivity contribution in [1.29, 1.82) is 0 Å². The zero-order valence-corrected chi connectivity index (χ0v) is 24.3. The van der Waals surface area contributed by atoms with Gasteiger partial charge in [-0.1, -0.05) is 64.8 Å². The van der Waals surface area contributed by atoms with Gasteiger partial charge in [0.2, 0.25) is 0 Å². The Morgan fingerprint density at radius 3 is 1.57 bits per heavy atom. The SMILES string of the molecule is C.CC(C)=CC1=C(C)C(=O)CC1C.CC1=C(C)C(C)OC1=O.CC=C(C)C.CCC(C)C.[B][B][B]. The number of carbonyl (C=O) groups excluding carboxylic acids is 2. The first kappa shape index (κ1) is 40.5. The third-order valence-corrected chi connectivity index (χ3v) is 5.50. The molecule has 1 aliphatic carbocycles. The minimum absolute atomic E-state index is 0. The van der Waals surface area contributed by atoms with Gasteiger partial charge in [-0.3, -0.25) is 4.79 Å². The number of hydrogen-bond acceptors (Lipinski definition) is 3. The first-order chi connectivity index (χ1) is 15.6. The standard InChI is InChI=1S/C11H16O.C7H10O2.C5H12.C5H10.CH4.B3/c1-7(2)5-10-8(3)6-11(12)9(10)4;1-4-5(2)7(8)9-6(4)3;2*1-4-5(2)3;;1-3-2/h5,8H,6H2,1-4H3;6H,1-3H3;5H,4H2,1-3H3;4H,1-3H3;1H4;. The van der Waals surface area contributed by atoms with E-state index in [-0.39, 0.29) is 19.5 Å². The summed E-state index contributed by atoms with van der Waals surface area (Å²) in [5, 5.41) is 0. The second-order valence-corrected chi connectivity index (χ2v) is 9.55. The Hall–Kier alpha value is -1.71. The Balaban J connectivity index is -0.000000186. The number of carbonyl (C=O) groups is 2. The van der Waals surface area contributed by atoms with Crippen LogP contribution in [0.2, 0.25) is 0 Å². The van der Waals surface area contributed by atoms with Crippen LogP contribution in [0.4, 0.5) is 0 Å². The van der Waals surface area contributed by atoms with E-state index in [0.717, 1.165) is 29.7 Å². The lowest BCUT2D eigenvalue weighted by Gasteiger charge is -2.03. The lowest BCUT2D eigenvalue weighted by atomic mass is 9.40. The smallest absolute Gasteiger partial charge is 0.334 e. The van der Waals surface area contributed by atoms with Gasteiger partial charge < -0.3 is 4.74 Å². The average molecular weight is 481 g/mol. The summed E-state index contributed by atoms with van der Waals surface area (Å²) in [6.45, 7) is 26.6. The van der Waals surface area contributed by atoms with Crippen LogP contribution >= 0.6 is 0 Å². The van der Waals surface area contributed by atoms with E-state index in [4.69, 9.17) is 4.74 Å². The number of rotatable bonds is 2. The molecule has 0 saturated heterocycles. The second kappa shape index (κ2) is 22.7. The van der Waals surface area contributed by atoms with Crippen LogP contribution in [0.15, 0.2) is 45.6 Å². The van der Waals surface area contributed by atoms with Crippen LogP contribution in [0.1, 0.15) is 110 Å². The normalized spacial score (nSPS) is 17.7. The molecule has 2 atom stereocenters. The maximum absolute atomic E-state index is 11.3. The molecule has 195 valence electrons. The van der Waals surface area contributed by atoms with Crippen LogP contribution in [0.5, 0.6) is 0 Å². The van der Waals surface area contributed by atoms with Crippen LogP contribution < -0.4 is 0 Å². The molecule has 5 radical (unpaired) electrons. The molecular formula is C29H52B3O3. The molecule has 0 saturated carbocycles. The minimum Gasteiger partial charge on any atom is -0.455 e. The molecule has 0 amide bonds. The van der Waals surface area contributed by atoms with Gasteiger partial charge in [-0.15, -0.1) is 0 Å². The highest BCUT2D eigenvalue weighted by Gasteiger charge is 2.24. The zero-order chi connectivity index (χ0) is 27.6. The third kappa shape index (κ3) is 20.2. The highest BCUT2D eigenvalue weighted by molar-refractivity contribution is 7.17. The van der Waals surface area contributed by atoms with E-state index in [0.29, 0.717) is 18.1 Å². The molecule has 2 rings (SSSR count). The molecule has 1 aliphatic heterocycles. The first-order valence-electron chi connectivity index (χ1n) is 12.2. The number of allylic oxidation sites excluding steroid dienone is 6. The average Bonchev–Trinajstić information content (AvgIpc) is 3.12. The number of ether oxygens (including phenoxy) is 1. The predicted molar refractivity (Wildman–Crippen MR) is 159 cm³/mol. The summed E-state index contributed by atoms with van der Waals surface area (Å²) in [7, 11) is 10.0. The number of cyclic esters (lactones) is 1. The van der Waals surface area contributed by atoms with Gasteiger partial charge in [-0.05, 0) is 90.9 Å². The maximum atomic E-state index is 11.3. The van der Waals surface area contributed by atoms with Gasteiger partial charge in [-0.25, -0.2) is 4.79 Å². The molecule has 2 unspecified atom stereocenters. The molecule has 3 nitrogen and oxygen atoms in total. The van der Waals surface area contributed by atoms with Crippen molar-refractivity contribution in [2.24, 2.45) is 11.8 Å². The number of hydrogen-bond donors (Lipinski definition) is 0. The number of ketones is 1. The molecule has 0 aromatic heterocycles. The zero-order valence-electron chi connectivity index (χ0n) is 24.3. The Morgan fingerprint density at radius 1 is 1.03 bits per heavy atom. The fourth-order valence-electron chi connectivity index (χ4n) is 2.44. The summed E-state index contributed by atoms with van der Waals surface area (Å²) in [4.78, 5) is 22.0. The highest BCUT2D eigenvalue weighted by Crippen LogP contribution is 2.30. The van der Waals surface area contributed by atoms with Gasteiger partial charge >= 0.3 is 5.97 Å². The van der Waals surface area contributed by atoms with Crippen molar-refractivity contribution in [3.63, 3.8) is 0 Å². The van der Waals surface area contributed by atoms with Crippen molar-refractivity contribution < 1.29 is 14.3 Å². The van der Waals surface area contributed by atoms with Crippen LogP contribution in [-0.2, 0) is 14.3 Å². The largest absolute Gasteiger partial charge is 0.455 e. The highest BCUT2D eigenvalue weighted by atomic mass is 16.5. The van der Waals surface area contributed by atoms with Crippen LogP contribution in [0.3, 0.4) is 0 Å². The molecule has 0 aromatic carbocycles. The predicted octanol–water partition coefficient (Wildman–Crippen LogP) is 7.66. The Morgan fingerprint density at radius 2 is 1.43 bits per heavy atom. The van der Waals surface area contributed by atoms with Crippen LogP contribution in [-0.4, -0.2) is 40.4 Å². The molecule has 2 aliphatic rings. The summed E-state index contributed by atoms with van der Waals surface area (Å²) in [5.74, 6) is 1.46. The molecule has 0 aromatic rings. The van der Waals surface area contributed by atoms with Gasteiger partial charge in [-0.2, -0.15) is 0 Å². The van der Waals surface area contributed by atoms with E-state index < -0.39 is 0 Å². The molecule has 0 spiro atoms. The summed E-state index contributed by atoms with van der Waals surface area (Å²) in [6, 6.07) is 0. The first-order valence-corrected chi connectivity index (χ1v) is 12.2. The monoisotopic (exact) mass is 481 g/mol. The topological polar surface area (TPSA) is 43.4 Å². The number of Topliss-reactive ketones (excluding diaryl/α,β-unsaturated/α-hetero) is 1. The lowest BCUT2D eigenvalue weighted by molar-refractivity contribution is -0.139.